The molecule has 0 spiro atoms. The average Bonchev–Trinajstić information content (AvgIpc) is 2.88. The molecule has 2 heterocycles. The normalized spacial score (nSPS) is 22.9. The predicted octanol–water partition coefficient (Wildman–Crippen LogP) is 4.98. The van der Waals surface area contributed by atoms with Gasteiger partial charge in [0.25, 0.3) is 0 Å². The molecule has 4 rings (SSSR count). The molecule has 0 unspecified atom stereocenters. The van der Waals surface area contributed by atoms with Crippen molar-refractivity contribution in [2.24, 2.45) is 0 Å². The Morgan fingerprint density at radius 3 is 2.73 bits per heavy atom. The number of aromatic nitrogens is 1. The Labute approximate surface area is 159 Å². The predicted molar refractivity (Wildman–Crippen MR) is 105 cm³/mol. The average molecular weight is 373 g/mol. The molecule has 0 radical (unpaired) electrons. The monoisotopic (exact) mass is 372 g/mol. The molecule has 4 nitrogen and oxygen atoms in total. The fraction of sp³-hybridized carbons (Fsp3) is 0.476. The highest BCUT2D eigenvalue weighted by molar-refractivity contribution is 6.32. The summed E-state index contributed by atoms with van der Waals surface area (Å²) in [5.74, 6) is 0.256. The van der Waals surface area contributed by atoms with Gasteiger partial charge in [-0.2, -0.15) is 0 Å². The first kappa shape index (κ1) is 17.6. The number of hydrogen-bond acceptors (Lipinski definition) is 3. The van der Waals surface area contributed by atoms with E-state index in [0.717, 1.165) is 34.5 Å². The van der Waals surface area contributed by atoms with Gasteiger partial charge in [-0.1, -0.05) is 23.3 Å². The van der Waals surface area contributed by atoms with Crippen LogP contribution in [0.4, 0.5) is 4.79 Å². The van der Waals surface area contributed by atoms with Gasteiger partial charge < -0.3 is 4.74 Å². The van der Waals surface area contributed by atoms with Crippen LogP contribution < -0.4 is 0 Å². The topological polar surface area (TPSA) is 34.5 Å². The second-order valence-corrected chi connectivity index (χ2v) is 8.99. The van der Waals surface area contributed by atoms with E-state index in [-0.39, 0.29) is 12.0 Å². The molecule has 0 amide bonds. The molecule has 0 saturated carbocycles. The SMILES string of the molecule is CC1=C[C@H]2c3c(Cl)ccc4c3c(cn4C(=O)OC(C)(C)C)C[C@H]2N(C)C1. The van der Waals surface area contributed by atoms with E-state index in [0.29, 0.717) is 6.04 Å². The Morgan fingerprint density at radius 1 is 1.31 bits per heavy atom. The second-order valence-electron chi connectivity index (χ2n) is 8.59. The first-order valence-corrected chi connectivity index (χ1v) is 9.47. The summed E-state index contributed by atoms with van der Waals surface area (Å²) in [6.07, 6.45) is 4.85. The molecule has 2 aliphatic rings. The van der Waals surface area contributed by atoms with Crippen LogP contribution in [0.1, 0.15) is 44.7 Å². The molecule has 0 saturated heterocycles. The summed E-state index contributed by atoms with van der Waals surface area (Å²) < 4.78 is 7.25. The zero-order valence-electron chi connectivity index (χ0n) is 16.0. The van der Waals surface area contributed by atoms with Gasteiger partial charge in [0, 0.05) is 35.1 Å². The molecule has 0 fully saturated rings. The quantitative estimate of drug-likeness (QED) is 0.612. The lowest BCUT2D eigenvalue weighted by molar-refractivity contribution is 0.0544. The fourth-order valence-corrected chi connectivity index (χ4v) is 4.68. The van der Waals surface area contributed by atoms with Gasteiger partial charge in [0.15, 0.2) is 0 Å². The molecule has 1 aliphatic carbocycles. The van der Waals surface area contributed by atoms with Crippen LogP contribution in [0.5, 0.6) is 0 Å². The van der Waals surface area contributed by atoms with Crippen molar-refractivity contribution < 1.29 is 9.53 Å². The molecule has 1 aromatic heterocycles. The van der Waals surface area contributed by atoms with Gasteiger partial charge in [0.05, 0.1) is 5.52 Å². The molecule has 1 aromatic carbocycles. The smallest absolute Gasteiger partial charge is 0.419 e. The number of hydrogen-bond donors (Lipinski definition) is 0. The maximum absolute atomic E-state index is 12.7. The molecule has 0 bridgehead atoms. The first-order valence-electron chi connectivity index (χ1n) is 9.09. The summed E-state index contributed by atoms with van der Waals surface area (Å²) in [5, 5.41) is 1.89. The van der Waals surface area contributed by atoms with Crippen LogP contribution in [0.3, 0.4) is 0 Å². The van der Waals surface area contributed by atoms with E-state index in [1.165, 1.54) is 11.1 Å². The van der Waals surface area contributed by atoms with Gasteiger partial charge in [-0.3, -0.25) is 9.47 Å². The van der Waals surface area contributed by atoms with Gasteiger partial charge in [-0.25, -0.2) is 4.79 Å². The van der Waals surface area contributed by atoms with E-state index >= 15 is 0 Å². The highest BCUT2D eigenvalue weighted by atomic mass is 35.5. The lowest BCUT2D eigenvalue weighted by atomic mass is 9.77. The molecule has 5 heteroatoms. The van der Waals surface area contributed by atoms with Gasteiger partial charge in [-0.15, -0.1) is 0 Å². The van der Waals surface area contributed by atoms with Gasteiger partial charge in [0.1, 0.15) is 5.60 Å². The van der Waals surface area contributed by atoms with Crippen molar-refractivity contribution in [3.63, 3.8) is 0 Å². The molecule has 26 heavy (non-hydrogen) atoms. The minimum Gasteiger partial charge on any atom is -0.443 e. The molecule has 138 valence electrons. The summed E-state index contributed by atoms with van der Waals surface area (Å²) in [7, 11) is 2.16. The zero-order chi connectivity index (χ0) is 18.8. The van der Waals surface area contributed by atoms with Crippen molar-refractivity contribution >= 4 is 28.6 Å². The summed E-state index contributed by atoms with van der Waals surface area (Å²) in [5.41, 5.74) is 4.02. The van der Waals surface area contributed by atoms with E-state index in [1.54, 1.807) is 4.57 Å². The summed E-state index contributed by atoms with van der Waals surface area (Å²) in [6.45, 7) is 8.79. The van der Waals surface area contributed by atoms with Crippen LogP contribution in [0.2, 0.25) is 5.02 Å². The number of halogens is 1. The van der Waals surface area contributed by atoms with E-state index in [4.69, 9.17) is 16.3 Å². The summed E-state index contributed by atoms with van der Waals surface area (Å²) >= 11 is 6.65. The van der Waals surface area contributed by atoms with Crippen LogP contribution in [0.15, 0.2) is 30.0 Å². The number of benzene rings is 1. The van der Waals surface area contributed by atoms with Crippen LogP contribution in [-0.4, -0.2) is 40.8 Å². The fourth-order valence-electron chi connectivity index (χ4n) is 4.39. The highest BCUT2D eigenvalue weighted by Crippen LogP contribution is 2.45. The summed E-state index contributed by atoms with van der Waals surface area (Å²) in [6, 6.07) is 4.20. The Balaban J connectivity index is 1.91. The zero-order valence-corrected chi connectivity index (χ0v) is 16.7. The highest BCUT2D eigenvalue weighted by Gasteiger charge is 2.37. The number of fused-ring (bicyclic) bond motifs is 2. The Kier molecular flexibility index (Phi) is 3.97. The van der Waals surface area contributed by atoms with E-state index < -0.39 is 5.60 Å². The van der Waals surface area contributed by atoms with Crippen LogP contribution in [-0.2, 0) is 11.2 Å². The van der Waals surface area contributed by atoms with E-state index in [9.17, 15) is 4.79 Å². The number of rotatable bonds is 0. The van der Waals surface area contributed by atoms with Crippen LogP contribution in [0.25, 0.3) is 10.9 Å². The maximum Gasteiger partial charge on any atom is 0.419 e. The molecule has 1 aliphatic heterocycles. The number of carbonyl (C=O) groups excluding carboxylic acids is 1. The van der Waals surface area contributed by atoms with Gasteiger partial charge in [0.2, 0.25) is 0 Å². The number of carbonyl (C=O) groups is 1. The number of ether oxygens (including phenoxy) is 1. The third-order valence-corrected chi connectivity index (χ3v) is 5.66. The standard InChI is InChI=1S/C21H25ClN2O2/c1-12-8-14-17(23(5)10-12)9-13-11-24(20(25)26-21(2,3)4)16-7-6-15(22)19(14)18(13)16/h6-8,11,14,17H,9-10H2,1-5H3/t14-,17-/m1/s1. The van der Waals surface area contributed by atoms with Gasteiger partial charge >= 0.3 is 6.09 Å². The second kappa shape index (κ2) is 5.86. The van der Waals surface area contributed by atoms with Crippen molar-refractivity contribution in [3.8, 4) is 0 Å². The van der Waals surface area contributed by atoms with Crippen molar-refractivity contribution in [1.82, 2.24) is 9.47 Å². The molecular weight excluding hydrogens is 348 g/mol. The van der Waals surface area contributed by atoms with E-state index in [1.807, 2.05) is 39.1 Å². The molecule has 2 atom stereocenters. The maximum atomic E-state index is 12.7. The first-order chi connectivity index (χ1) is 12.2. The van der Waals surface area contributed by atoms with Crippen molar-refractivity contribution in [2.45, 2.75) is 51.7 Å². The van der Waals surface area contributed by atoms with Crippen molar-refractivity contribution in [1.29, 1.82) is 0 Å². The van der Waals surface area contributed by atoms with Gasteiger partial charge in [-0.05, 0) is 64.4 Å². The third-order valence-electron chi connectivity index (χ3n) is 5.33. The largest absolute Gasteiger partial charge is 0.443 e. The Hall–Kier alpha value is -1.78. The lowest BCUT2D eigenvalue weighted by Gasteiger charge is -2.41. The Bertz CT molecular complexity index is 936. The number of likely N-dealkylation sites (N-methyl/N-ethyl adjacent to an activating group) is 1. The lowest BCUT2D eigenvalue weighted by Crippen LogP contribution is -2.43. The minimum atomic E-state index is -0.530. The Morgan fingerprint density at radius 2 is 2.04 bits per heavy atom. The summed E-state index contributed by atoms with van der Waals surface area (Å²) in [4.78, 5) is 15.1. The molecular formula is C21H25ClN2O2. The van der Waals surface area contributed by atoms with Crippen molar-refractivity contribution in [2.75, 3.05) is 13.6 Å². The molecule has 2 aromatic rings. The minimum absolute atomic E-state index is 0.256. The van der Waals surface area contributed by atoms with Crippen LogP contribution >= 0.6 is 11.6 Å². The van der Waals surface area contributed by atoms with Crippen LogP contribution in [0, 0.1) is 0 Å². The molecule has 0 N–H and O–H groups in total. The number of nitrogens with zero attached hydrogens (tertiary/aromatic N) is 2. The third kappa shape index (κ3) is 2.76. The van der Waals surface area contributed by atoms with Crippen molar-refractivity contribution in [3.05, 3.63) is 46.1 Å². The van der Waals surface area contributed by atoms with E-state index in [2.05, 4.69) is 24.9 Å².